The van der Waals surface area contributed by atoms with Gasteiger partial charge in [-0.3, -0.25) is 0 Å². The molecular weight excluding hydrogens is 232 g/mol. The second kappa shape index (κ2) is 9.50. The largest absolute Gasteiger partial charge is 0.480 e. The van der Waals surface area contributed by atoms with Crippen LogP contribution in [0.15, 0.2) is 12.7 Å². The minimum atomic E-state index is -1.05. The van der Waals surface area contributed by atoms with Crippen LogP contribution in [0.25, 0.3) is 0 Å². The third-order valence-electron chi connectivity index (χ3n) is 2.50. The molecule has 0 aromatic rings. The van der Waals surface area contributed by atoms with Crippen molar-refractivity contribution in [1.82, 2.24) is 10.6 Å². The smallest absolute Gasteiger partial charge is 0.326 e. The van der Waals surface area contributed by atoms with Gasteiger partial charge in [-0.05, 0) is 18.8 Å². The number of amides is 2. The Labute approximate surface area is 109 Å². The monoisotopic (exact) mass is 256 g/mol. The highest BCUT2D eigenvalue weighted by Crippen LogP contribution is 2.04. The normalized spacial score (nSPS) is 11.9. The fourth-order valence-electron chi connectivity index (χ4n) is 1.48. The Morgan fingerprint density at radius 1 is 1.33 bits per heavy atom. The number of aliphatic carboxylic acids is 1. The average molecular weight is 256 g/mol. The zero-order chi connectivity index (χ0) is 14.0. The maximum Gasteiger partial charge on any atom is 0.326 e. The second-order valence-corrected chi connectivity index (χ2v) is 4.71. The number of hydrogen-bond donors (Lipinski definition) is 3. The van der Waals surface area contributed by atoms with E-state index in [1.54, 1.807) is 0 Å². The van der Waals surface area contributed by atoms with Crippen LogP contribution in [0.2, 0.25) is 0 Å². The van der Waals surface area contributed by atoms with Crippen LogP contribution < -0.4 is 10.6 Å². The molecule has 0 radical (unpaired) electrons. The van der Waals surface area contributed by atoms with E-state index in [1.165, 1.54) is 6.08 Å². The van der Waals surface area contributed by atoms with Crippen molar-refractivity contribution in [2.75, 3.05) is 6.54 Å². The van der Waals surface area contributed by atoms with Gasteiger partial charge in [-0.15, -0.1) is 6.58 Å². The first-order chi connectivity index (χ1) is 8.47. The molecule has 5 heteroatoms. The van der Waals surface area contributed by atoms with Crippen molar-refractivity contribution in [2.45, 2.75) is 45.6 Å². The lowest BCUT2D eigenvalue weighted by Crippen LogP contribution is -2.45. The van der Waals surface area contributed by atoms with Gasteiger partial charge in [0.1, 0.15) is 6.04 Å². The van der Waals surface area contributed by atoms with Gasteiger partial charge >= 0.3 is 12.0 Å². The lowest BCUT2D eigenvalue weighted by Gasteiger charge is -2.13. The standard InChI is InChI=1S/C13H24N2O3/c1-4-7-11(12(16)17)15-13(18)14-9-6-5-8-10(2)3/h4,10-11H,1,5-9H2,2-3H3,(H,16,17)(H2,14,15,18). The number of carboxylic acids is 1. The Morgan fingerprint density at radius 2 is 2.00 bits per heavy atom. The summed E-state index contributed by atoms with van der Waals surface area (Å²) in [5.41, 5.74) is 0. The third-order valence-corrected chi connectivity index (χ3v) is 2.50. The molecule has 0 saturated carbocycles. The summed E-state index contributed by atoms with van der Waals surface area (Å²) < 4.78 is 0. The topological polar surface area (TPSA) is 78.4 Å². The van der Waals surface area contributed by atoms with Gasteiger partial charge in [-0.2, -0.15) is 0 Å². The highest BCUT2D eigenvalue weighted by atomic mass is 16.4. The minimum absolute atomic E-state index is 0.218. The zero-order valence-corrected chi connectivity index (χ0v) is 11.2. The van der Waals surface area contributed by atoms with Gasteiger partial charge < -0.3 is 15.7 Å². The number of carbonyl (C=O) groups is 2. The van der Waals surface area contributed by atoms with Crippen molar-refractivity contribution in [3.8, 4) is 0 Å². The number of unbranched alkanes of at least 4 members (excludes halogenated alkanes) is 1. The lowest BCUT2D eigenvalue weighted by atomic mass is 10.1. The van der Waals surface area contributed by atoms with Crippen LogP contribution in [0.3, 0.4) is 0 Å². The lowest BCUT2D eigenvalue weighted by molar-refractivity contribution is -0.139. The molecule has 0 aromatic heterocycles. The first-order valence-corrected chi connectivity index (χ1v) is 6.35. The number of urea groups is 1. The molecule has 104 valence electrons. The molecule has 3 N–H and O–H groups in total. The summed E-state index contributed by atoms with van der Waals surface area (Å²) in [4.78, 5) is 22.2. The van der Waals surface area contributed by atoms with E-state index >= 15 is 0 Å². The summed E-state index contributed by atoms with van der Waals surface area (Å²) in [6, 6.07) is -1.34. The van der Waals surface area contributed by atoms with E-state index in [0.29, 0.717) is 12.5 Å². The molecule has 0 heterocycles. The molecule has 2 amide bonds. The Morgan fingerprint density at radius 3 is 2.50 bits per heavy atom. The van der Waals surface area contributed by atoms with E-state index in [2.05, 4.69) is 31.1 Å². The van der Waals surface area contributed by atoms with Crippen molar-refractivity contribution >= 4 is 12.0 Å². The van der Waals surface area contributed by atoms with Gasteiger partial charge in [0.05, 0.1) is 0 Å². The SMILES string of the molecule is C=CCC(NC(=O)NCCCCC(C)C)C(=O)O. The highest BCUT2D eigenvalue weighted by Gasteiger charge is 2.17. The van der Waals surface area contributed by atoms with Gasteiger partial charge in [0.15, 0.2) is 0 Å². The van der Waals surface area contributed by atoms with Crippen LogP contribution in [0.5, 0.6) is 0 Å². The molecule has 0 bridgehead atoms. The van der Waals surface area contributed by atoms with Crippen LogP contribution in [0.1, 0.15) is 39.5 Å². The molecule has 0 rings (SSSR count). The molecule has 0 aliphatic rings. The fraction of sp³-hybridized carbons (Fsp3) is 0.692. The maximum atomic E-state index is 11.4. The van der Waals surface area contributed by atoms with E-state index in [4.69, 9.17) is 5.11 Å². The predicted molar refractivity (Wildman–Crippen MR) is 71.5 cm³/mol. The van der Waals surface area contributed by atoms with Crippen LogP contribution >= 0.6 is 0 Å². The van der Waals surface area contributed by atoms with Crippen molar-refractivity contribution in [3.63, 3.8) is 0 Å². The Kier molecular flexibility index (Phi) is 8.70. The number of carbonyl (C=O) groups excluding carboxylic acids is 1. The first kappa shape index (κ1) is 16.5. The van der Waals surface area contributed by atoms with E-state index in [1.807, 2.05) is 0 Å². The van der Waals surface area contributed by atoms with Gasteiger partial charge in [-0.1, -0.05) is 32.8 Å². The number of rotatable bonds is 9. The van der Waals surface area contributed by atoms with E-state index in [9.17, 15) is 9.59 Å². The molecule has 0 saturated heterocycles. The molecule has 5 nitrogen and oxygen atoms in total. The van der Waals surface area contributed by atoms with Crippen molar-refractivity contribution in [1.29, 1.82) is 0 Å². The van der Waals surface area contributed by atoms with Gasteiger partial charge in [0.2, 0.25) is 0 Å². The molecule has 18 heavy (non-hydrogen) atoms. The van der Waals surface area contributed by atoms with Crippen molar-refractivity contribution in [3.05, 3.63) is 12.7 Å². The van der Waals surface area contributed by atoms with Crippen LogP contribution in [-0.4, -0.2) is 29.7 Å². The molecule has 1 atom stereocenters. The molecule has 0 aliphatic heterocycles. The third kappa shape index (κ3) is 8.61. The Bertz CT molecular complexity index is 277. The van der Waals surface area contributed by atoms with Gasteiger partial charge in [-0.25, -0.2) is 9.59 Å². The Hall–Kier alpha value is -1.52. The molecule has 0 aliphatic carbocycles. The zero-order valence-electron chi connectivity index (χ0n) is 11.2. The fourth-order valence-corrected chi connectivity index (χ4v) is 1.48. The van der Waals surface area contributed by atoms with Crippen molar-refractivity contribution in [2.24, 2.45) is 5.92 Å². The number of nitrogens with one attached hydrogen (secondary N) is 2. The summed E-state index contributed by atoms with van der Waals surface area (Å²) in [6.07, 6.45) is 4.80. The number of carboxylic acid groups (broad SMARTS) is 1. The van der Waals surface area contributed by atoms with E-state index in [-0.39, 0.29) is 6.42 Å². The summed E-state index contributed by atoms with van der Waals surface area (Å²) in [6.45, 7) is 8.35. The molecular formula is C13H24N2O3. The summed E-state index contributed by atoms with van der Waals surface area (Å²) in [5, 5.41) is 13.9. The van der Waals surface area contributed by atoms with Gasteiger partial charge in [0, 0.05) is 6.54 Å². The maximum absolute atomic E-state index is 11.4. The molecule has 0 spiro atoms. The molecule has 0 aromatic carbocycles. The first-order valence-electron chi connectivity index (χ1n) is 6.35. The highest BCUT2D eigenvalue weighted by molar-refractivity contribution is 5.82. The predicted octanol–water partition coefficient (Wildman–Crippen LogP) is 2.14. The van der Waals surface area contributed by atoms with Crippen molar-refractivity contribution < 1.29 is 14.7 Å². The van der Waals surface area contributed by atoms with Crippen LogP contribution in [0.4, 0.5) is 4.79 Å². The van der Waals surface area contributed by atoms with E-state index < -0.39 is 18.0 Å². The average Bonchev–Trinajstić information content (AvgIpc) is 2.27. The quantitative estimate of drug-likeness (QED) is 0.437. The minimum Gasteiger partial charge on any atom is -0.480 e. The summed E-state index contributed by atoms with van der Waals surface area (Å²) >= 11 is 0. The number of hydrogen-bond acceptors (Lipinski definition) is 2. The summed E-state index contributed by atoms with van der Waals surface area (Å²) in [5.74, 6) is -0.382. The van der Waals surface area contributed by atoms with Gasteiger partial charge in [0.25, 0.3) is 0 Å². The molecule has 1 unspecified atom stereocenters. The summed E-state index contributed by atoms with van der Waals surface area (Å²) in [7, 11) is 0. The molecule has 0 fully saturated rings. The van der Waals surface area contributed by atoms with Crippen LogP contribution in [-0.2, 0) is 4.79 Å². The van der Waals surface area contributed by atoms with E-state index in [0.717, 1.165) is 19.3 Å². The second-order valence-electron chi connectivity index (χ2n) is 4.71. The Balaban J connectivity index is 3.75. The van der Waals surface area contributed by atoms with Crippen LogP contribution in [0, 0.1) is 5.92 Å².